The molecule has 0 aromatic heterocycles. The van der Waals surface area contributed by atoms with Crippen molar-refractivity contribution in [2.75, 3.05) is 6.54 Å². The first-order valence-electron chi connectivity index (χ1n) is 7.97. The maximum absolute atomic E-state index is 13.4. The van der Waals surface area contributed by atoms with E-state index in [-0.39, 0.29) is 48.8 Å². The number of imide groups is 1. The fourth-order valence-electron chi connectivity index (χ4n) is 3.14. The van der Waals surface area contributed by atoms with Crippen molar-refractivity contribution in [2.24, 2.45) is 11.8 Å². The lowest BCUT2D eigenvalue weighted by atomic mass is 9.85. The number of carbonyl (C=O) groups is 3. The molecule has 3 rings (SSSR count). The van der Waals surface area contributed by atoms with Gasteiger partial charge in [-0.3, -0.25) is 19.3 Å². The van der Waals surface area contributed by atoms with Crippen LogP contribution in [0.4, 0.5) is 4.39 Å². The van der Waals surface area contributed by atoms with Gasteiger partial charge in [0.05, 0.1) is 18.3 Å². The number of carbonyl (C=O) groups excluding carboxylic acids is 3. The third kappa shape index (κ3) is 3.22. The van der Waals surface area contributed by atoms with Crippen LogP contribution in [0, 0.1) is 17.7 Å². The largest absolute Gasteiger partial charge is 0.461 e. The smallest absolute Gasteiger partial charge is 0.307 e. The zero-order chi connectivity index (χ0) is 17.1. The maximum atomic E-state index is 13.4. The lowest BCUT2D eigenvalue weighted by Gasteiger charge is -2.14. The van der Waals surface area contributed by atoms with Gasteiger partial charge in [0.1, 0.15) is 12.4 Å². The van der Waals surface area contributed by atoms with E-state index in [0.717, 1.165) is 4.90 Å². The molecule has 1 aromatic carbocycles. The van der Waals surface area contributed by atoms with E-state index in [4.69, 9.17) is 4.74 Å². The second-order valence-corrected chi connectivity index (χ2v) is 5.99. The topological polar surface area (TPSA) is 63.7 Å². The summed E-state index contributed by atoms with van der Waals surface area (Å²) in [5.74, 6) is -2.01. The molecule has 0 radical (unpaired) electrons. The minimum Gasteiger partial charge on any atom is -0.461 e. The highest BCUT2D eigenvalue weighted by molar-refractivity contribution is 6.05. The van der Waals surface area contributed by atoms with Gasteiger partial charge in [-0.25, -0.2) is 4.39 Å². The highest BCUT2D eigenvalue weighted by Crippen LogP contribution is 2.34. The number of fused-ring (bicyclic) bond motifs is 1. The summed E-state index contributed by atoms with van der Waals surface area (Å²) in [4.78, 5) is 37.5. The van der Waals surface area contributed by atoms with Crippen LogP contribution >= 0.6 is 0 Å². The highest BCUT2D eigenvalue weighted by atomic mass is 19.1. The Hall–Kier alpha value is -2.50. The molecule has 2 aliphatic rings. The number of amides is 2. The van der Waals surface area contributed by atoms with Gasteiger partial charge in [0.15, 0.2) is 0 Å². The van der Waals surface area contributed by atoms with Crippen LogP contribution in [0.15, 0.2) is 36.4 Å². The molecule has 2 atom stereocenters. The molecule has 0 bridgehead atoms. The average Bonchev–Trinajstić information content (AvgIpc) is 2.84. The summed E-state index contributed by atoms with van der Waals surface area (Å²) >= 11 is 0. The summed E-state index contributed by atoms with van der Waals surface area (Å²) in [5, 5.41) is 0. The number of likely N-dealkylation sites (tertiary alicyclic amines) is 1. The number of hydrogen-bond donors (Lipinski definition) is 0. The molecule has 1 aliphatic carbocycles. The molecule has 1 saturated heterocycles. The van der Waals surface area contributed by atoms with Gasteiger partial charge in [0.25, 0.3) is 0 Å². The molecule has 5 nitrogen and oxygen atoms in total. The molecule has 0 saturated carbocycles. The average molecular weight is 331 g/mol. The van der Waals surface area contributed by atoms with E-state index in [2.05, 4.69) is 0 Å². The lowest BCUT2D eigenvalue weighted by molar-refractivity contribution is -0.146. The summed E-state index contributed by atoms with van der Waals surface area (Å²) < 4.78 is 18.5. The maximum Gasteiger partial charge on any atom is 0.307 e. The van der Waals surface area contributed by atoms with E-state index in [1.807, 2.05) is 12.2 Å². The van der Waals surface area contributed by atoms with Crippen LogP contribution in [0.2, 0.25) is 0 Å². The minimum absolute atomic E-state index is 0.0147. The zero-order valence-corrected chi connectivity index (χ0v) is 13.1. The standard InChI is InChI=1S/C18H18FNO4/c19-15-8-4-1-5-12(15)11-24-16(21)9-10-20-17(22)13-6-2-3-7-14(13)18(20)23/h1-5,8,13-14H,6-7,9-11H2/t13-,14-/m0/s1. The van der Waals surface area contributed by atoms with Crippen LogP contribution in [0.1, 0.15) is 24.8 Å². The van der Waals surface area contributed by atoms with E-state index < -0.39 is 11.8 Å². The fourth-order valence-corrected chi connectivity index (χ4v) is 3.14. The molecule has 126 valence electrons. The van der Waals surface area contributed by atoms with Crippen molar-refractivity contribution in [1.29, 1.82) is 0 Å². The lowest BCUT2D eigenvalue weighted by Crippen LogP contribution is -2.33. The number of benzene rings is 1. The van der Waals surface area contributed by atoms with Gasteiger partial charge in [-0.1, -0.05) is 30.4 Å². The molecule has 1 aromatic rings. The first-order chi connectivity index (χ1) is 11.6. The van der Waals surface area contributed by atoms with Gasteiger partial charge < -0.3 is 4.74 Å². The number of nitrogens with zero attached hydrogens (tertiary/aromatic N) is 1. The Morgan fingerprint density at radius 1 is 1.12 bits per heavy atom. The van der Waals surface area contributed by atoms with E-state index in [1.54, 1.807) is 12.1 Å². The number of esters is 1. The number of halogens is 1. The number of allylic oxidation sites excluding steroid dienone is 2. The van der Waals surface area contributed by atoms with Crippen molar-refractivity contribution in [3.8, 4) is 0 Å². The van der Waals surface area contributed by atoms with Crippen LogP contribution in [-0.4, -0.2) is 29.2 Å². The van der Waals surface area contributed by atoms with Gasteiger partial charge in [-0.05, 0) is 18.9 Å². The van der Waals surface area contributed by atoms with E-state index >= 15 is 0 Å². The molecule has 0 N–H and O–H groups in total. The quantitative estimate of drug-likeness (QED) is 0.471. The van der Waals surface area contributed by atoms with E-state index in [1.165, 1.54) is 12.1 Å². The Kier molecular flexibility index (Phi) is 4.74. The van der Waals surface area contributed by atoms with Gasteiger partial charge in [0, 0.05) is 12.1 Å². The second kappa shape index (κ2) is 6.95. The molecule has 1 aliphatic heterocycles. The molecule has 6 heteroatoms. The normalized spacial score (nSPS) is 22.6. The van der Waals surface area contributed by atoms with Crippen molar-refractivity contribution < 1.29 is 23.5 Å². The summed E-state index contributed by atoms with van der Waals surface area (Å²) in [6, 6.07) is 6.04. The Morgan fingerprint density at radius 2 is 1.75 bits per heavy atom. The van der Waals surface area contributed by atoms with Crippen LogP contribution in [-0.2, 0) is 25.7 Å². The predicted molar refractivity (Wildman–Crippen MR) is 82.9 cm³/mol. The molecule has 0 spiro atoms. The fraction of sp³-hybridized carbons (Fsp3) is 0.389. The first-order valence-corrected chi connectivity index (χ1v) is 7.97. The Labute approximate surface area is 139 Å². The third-order valence-corrected chi connectivity index (χ3v) is 4.48. The molecule has 1 heterocycles. The summed E-state index contributed by atoms with van der Waals surface area (Å²) in [6.07, 6.45) is 4.89. The molecule has 24 heavy (non-hydrogen) atoms. The van der Waals surface area contributed by atoms with Crippen LogP contribution in [0.25, 0.3) is 0 Å². The zero-order valence-electron chi connectivity index (χ0n) is 13.1. The number of ether oxygens (including phenoxy) is 1. The number of hydrogen-bond acceptors (Lipinski definition) is 4. The first kappa shape index (κ1) is 16.4. The van der Waals surface area contributed by atoms with Crippen molar-refractivity contribution >= 4 is 17.8 Å². The molecule has 2 amide bonds. The molecule has 1 fully saturated rings. The minimum atomic E-state index is -0.563. The van der Waals surface area contributed by atoms with Gasteiger partial charge in [0.2, 0.25) is 11.8 Å². The van der Waals surface area contributed by atoms with E-state index in [9.17, 15) is 18.8 Å². The predicted octanol–water partition coefficient (Wildman–Crippen LogP) is 2.21. The van der Waals surface area contributed by atoms with Crippen LogP contribution < -0.4 is 0 Å². The Balaban J connectivity index is 1.51. The summed E-state index contributed by atoms with van der Waals surface area (Å²) in [7, 11) is 0. The second-order valence-electron chi connectivity index (χ2n) is 5.99. The van der Waals surface area contributed by atoms with E-state index in [0.29, 0.717) is 12.8 Å². The van der Waals surface area contributed by atoms with Gasteiger partial charge in [-0.15, -0.1) is 0 Å². The summed E-state index contributed by atoms with van der Waals surface area (Å²) in [5.41, 5.74) is 0.288. The van der Waals surface area contributed by atoms with Crippen molar-refractivity contribution in [2.45, 2.75) is 25.9 Å². The monoisotopic (exact) mass is 331 g/mol. The van der Waals surface area contributed by atoms with Crippen molar-refractivity contribution in [3.05, 3.63) is 47.8 Å². The van der Waals surface area contributed by atoms with Crippen molar-refractivity contribution in [1.82, 2.24) is 4.90 Å². The van der Waals surface area contributed by atoms with Crippen LogP contribution in [0.3, 0.4) is 0 Å². The molecular formula is C18H18FNO4. The highest BCUT2D eigenvalue weighted by Gasteiger charge is 2.46. The van der Waals surface area contributed by atoms with Crippen LogP contribution in [0.5, 0.6) is 0 Å². The number of rotatable bonds is 5. The van der Waals surface area contributed by atoms with Crippen molar-refractivity contribution in [3.63, 3.8) is 0 Å². The third-order valence-electron chi connectivity index (χ3n) is 4.48. The van der Waals surface area contributed by atoms with Gasteiger partial charge >= 0.3 is 5.97 Å². The SMILES string of the molecule is O=C(CCN1C(=O)[C@H]2CC=CC[C@@H]2C1=O)OCc1ccccc1F. The summed E-state index contributed by atoms with van der Waals surface area (Å²) in [6.45, 7) is -0.149. The van der Waals surface area contributed by atoms with Gasteiger partial charge in [-0.2, -0.15) is 0 Å². The Bertz CT molecular complexity index is 674. The Morgan fingerprint density at radius 3 is 2.38 bits per heavy atom. The molecular weight excluding hydrogens is 313 g/mol. The molecule has 0 unspecified atom stereocenters.